The van der Waals surface area contributed by atoms with Crippen LogP contribution in [0.4, 0.5) is 0 Å². The second-order valence-corrected chi connectivity index (χ2v) is 12.5. The van der Waals surface area contributed by atoms with Crippen LogP contribution >= 0.6 is 0 Å². The molecule has 3 heterocycles. The molecular weight excluding hydrogens is 562 g/mol. The summed E-state index contributed by atoms with van der Waals surface area (Å²) < 4.78 is 6.39. The Hall–Kier alpha value is -5.87. The molecule has 8 aromatic rings. The van der Waals surface area contributed by atoms with Gasteiger partial charge in [-0.05, 0) is 40.5 Å². The van der Waals surface area contributed by atoms with Crippen molar-refractivity contribution in [2.75, 3.05) is 0 Å². The lowest BCUT2D eigenvalue weighted by atomic mass is 9.80. The monoisotopic (exact) mass is 591 g/mol. The molecule has 218 valence electrons. The number of furan rings is 1. The van der Waals surface area contributed by atoms with Gasteiger partial charge < -0.3 is 4.42 Å². The summed E-state index contributed by atoms with van der Waals surface area (Å²) in [6, 6.07) is 44.4. The second-order valence-electron chi connectivity index (χ2n) is 12.5. The van der Waals surface area contributed by atoms with Gasteiger partial charge >= 0.3 is 0 Å². The van der Waals surface area contributed by atoms with Gasteiger partial charge in [-0.25, -0.2) is 9.97 Å². The van der Waals surface area contributed by atoms with Crippen LogP contribution in [-0.2, 0) is 5.41 Å². The number of nitrogens with zero attached hydrogens (tertiary/aromatic N) is 3. The highest BCUT2D eigenvalue weighted by Crippen LogP contribution is 2.51. The van der Waals surface area contributed by atoms with Crippen molar-refractivity contribution >= 4 is 21.9 Å². The van der Waals surface area contributed by atoms with E-state index in [2.05, 4.69) is 128 Å². The van der Waals surface area contributed by atoms with Gasteiger partial charge in [0.25, 0.3) is 0 Å². The van der Waals surface area contributed by atoms with E-state index < -0.39 is 0 Å². The molecule has 0 aliphatic heterocycles. The van der Waals surface area contributed by atoms with Gasteiger partial charge in [0.15, 0.2) is 5.82 Å². The van der Waals surface area contributed by atoms with Crippen molar-refractivity contribution in [2.24, 2.45) is 0 Å². The fourth-order valence-electron chi connectivity index (χ4n) is 7.11. The molecule has 1 aliphatic rings. The van der Waals surface area contributed by atoms with Crippen LogP contribution in [0.5, 0.6) is 0 Å². The standard InChI is InChI=1S/C42H29N3O/c1-42(2)35-17-5-3-14-34(35)39-37(42)38(27-21-19-26(20-22-27)30-12-9-23-43-25-30)44-41(45-39)29-11-7-10-28(24-29)31-15-8-16-33-32-13-4-6-18-36(32)46-40(31)33/h3-25H,1-2H3. The summed E-state index contributed by atoms with van der Waals surface area (Å²) in [6.07, 6.45) is 3.70. The molecule has 0 saturated heterocycles. The molecule has 0 unspecified atom stereocenters. The molecular formula is C42H29N3O. The molecule has 0 amide bonds. The lowest BCUT2D eigenvalue weighted by molar-refractivity contribution is 0.658. The van der Waals surface area contributed by atoms with E-state index in [4.69, 9.17) is 14.4 Å². The molecule has 3 aromatic heterocycles. The maximum absolute atomic E-state index is 6.39. The first-order valence-corrected chi connectivity index (χ1v) is 15.6. The minimum absolute atomic E-state index is 0.249. The molecule has 0 fully saturated rings. The number of benzene rings is 5. The third kappa shape index (κ3) is 4.04. The Morgan fingerprint density at radius 1 is 0.543 bits per heavy atom. The van der Waals surface area contributed by atoms with E-state index in [9.17, 15) is 0 Å². The lowest BCUT2D eigenvalue weighted by Crippen LogP contribution is -2.17. The zero-order chi connectivity index (χ0) is 30.8. The molecule has 0 saturated carbocycles. The van der Waals surface area contributed by atoms with Gasteiger partial charge in [-0.2, -0.15) is 0 Å². The Kier molecular flexibility index (Phi) is 5.81. The van der Waals surface area contributed by atoms with Crippen molar-refractivity contribution in [2.45, 2.75) is 19.3 Å². The molecule has 0 spiro atoms. The maximum atomic E-state index is 6.39. The van der Waals surface area contributed by atoms with Crippen LogP contribution in [0, 0.1) is 0 Å². The largest absolute Gasteiger partial charge is 0.455 e. The van der Waals surface area contributed by atoms with Gasteiger partial charge in [-0.15, -0.1) is 0 Å². The summed E-state index contributed by atoms with van der Waals surface area (Å²) >= 11 is 0. The van der Waals surface area contributed by atoms with Crippen LogP contribution in [0.25, 0.3) is 78.1 Å². The third-order valence-electron chi connectivity index (χ3n) is 9.38. The summed E-state index contributed by atoms with van der Waals surface area (Å²) in [5.41, 5.74) is 13.5. The third-order valence-corrected chi connectivity index (χ3v) is 9.38. The van der Waals surface area contributed by atoms with Gasteiger partial charge in [0.05, 0.1) is 11.4 Å². The fourth-order valence-corrected chi connectivity index (χ4v) is 7.11. The highest BCUT2D eigenvalue weighted by Gasteiger charge is 2.40. The Labute approximate surface area is 267 Å². The first-order chi connectivity index (χ1) is 22.6. The van der Waals surface area contributed by atoms with Gasteiger partial charge in [0.1, 0.15) is 11.2 Å². The molecule has 5 aromatic carbocycles. The summed E-state index contributed by atoms with van der Waals surface area (Å²) in [6.45, 7) is 4.56. The van der Waals surface area contributed by atoms with Crippen molar-refractivity contribution in [3.8, 4) is 56.2 Å². The number of aromatic nitrogens is 3. The zero-order valence-corrected chi connectivity index (χ0v) is 25.5. The van der Waals surface area contributed by atoms with E-state index in [1.54, 1.807) is 6.20 Å². The van der Waals surface area contributed by atoms with Crippen LogP contribution in [0.1, 0.15) is 25.0 Å². The van der Waals surface area contributed by atoms with Crippen LogP contribution in [-0.4, -0.2) is 15.0 Å². The first-order valence-electron chi connectivity index (χ1n) is 15.6. The van der Waals surface area contributed by atoms with Crippen molar-refractivity contribution in [1.82, 2.24) is 15.0 Å². The van der Waals surface area contributed by atoms with Crippen molar-refractivity contribution in [3.05, 3.63) is 151 Å². The molecule has 1 aliphatic carbocycles. The van der Waals surface area contributed by atoms with Crippen LogP contribution in [0.15, 0.2) is 144 Å². The molecule has 4 heteroatoms. The smallest absolute Gasteiger partial charge is 0.160 e. The molecule has 0 bridgehead atoms. The van der Waals surface area contributed by atoms with E-state index in [1.165, 1.54) is 11.1 Å². The number of fused-ring (bicyclic) bond motifs is 6. The van der Waals surface area contributed by atoms with E-state index in [-0.39, 0.29) is 5.41 Å². The fraction of sp³-hybridized carbons (Fsp3) is 0.0714. The maximum Gasteiger partial charge on any atom is 0.160 e. The van der Waals surface area contributed by atoms with Crippen molar-refractivity contribution in [3.63, 3.8) is 0 Å². The van der Waals surface area contributed by atoms with Crippen molar-refractivity contribution in [1.29, 1.82) is 0 Å². The summed E-state index contributed by atoms with van der Waals surface area (Å²) in [5, 5.41) is 2.24. The van der Waals surface area contributed by atoms with Crippen LogP contribution in [0.3, 0.4) is 0 Å². The predicted molar refractivity (Wildman–Crippen MR) is 186 cm³/mol. The highest BCUT2D eigenvalue weighted by molar-refractivity contribution is 6.09. The second kappa shape index (κ2) is 10.1. The van der Waals surface area contributed by atoms with Gasteiger partial charge in [0, 0.05) is 56.4 Å². The number of hydrogen-bond acceptors (Lipinski definition) is 4. The number of para-hydroxylation sites is 2. The van der Waals surface area contributed by atoms with E-state index in [0.717, 1.165) is 72.3 Å². The molecule has 0 radical (unpaired) electrons. The van der Waals surface area contributed by atoms with E-state index in [1.807, 2.05) is 24.4 Å². The average molecular weight is 592 g/mol. The van der Waals surface area contributed by atoms with Gasteiger partial charge in [-0.1, -0.05) is 123 Å². The summed E-state index contributed by atoms with van der Waals surface area (Å²) in [7, 11) is 0. The number of hydrogen-bond donors (Lipinski definition) is 0. The van der Waals surface area contributed by atoms with Crippen molar-refractivity contribution < 1.29 is 4.42 Å². The normalized spacial score (nSPS) is 13.2. The number of rotatable bonds is 4. The highest BCUT2D eigenvalue weighted by atomic mass is 16.3. The molecule has 0 atom stereocenters. The zero-order valence-electron chi connectivity index (χ0n) is 25.5. The Morgan fingerprint density at radius 2 is 1.24 bits per heavy atom. The summed E-state index contributed by atoms with van der Waals surface area (Å²) in [5.74, 6) is 0.705. The molecule has 0 N–H and O–H groups in total. The molecule has 4 nitrogen and oxygen atoms in total. The van der Waals surface area contributed by atoms with Gasteiger partial charge in [-0.3, -0.25) is 4.98 Å². The molecule has 46 heavy (non-hydrogen) atoms. The first kappa shape index (κ1) is 26.5. The topological polar surface area (TPSA) is 51.8 Å². The predicted octanol–water partition coefficient (Wildman–Crippen LogP) is 10.7. The van der Waals surface area contributed by atoms with Crippen LogP contribution < -0.4 is 0 Å². The summed E-state index contributed by atoms with van der Waals surface area (Å²) in [4.78, 5) is 15.0. The minimum atomic E-state index is -0.249. The van der Waals surface area contributed by atoms with E-state index >= 15 is 0 Å². The average Bonchev–Trinajstić information content (AvgIpc) is 3.61. The number of pyridine rings is 1. The Morgan fingerprint density at radius 3 is 2.11 bits per heavy atom. The SMILES string of the molecule is CC1(C)c2ccccc2-c2nc(-c3cccc(-c4cccc5c4oc4ccccc45)c3)nc(-c3ccc(-c4cccnc4)cc3)c21. The van der Waals surface area contributed by atoms with Crippen LogP contribution in [0.2, 0.25) is 0 Å². The Bertz CT molecular complexity index is 2440. The Balaban J connectivity index is 1.23. The molecule has 9 rings (SSSR count). The minimum Gasteiger partial charge on any atom is -0.455 e. The quantitative estimate of drug-likeness (QED) is 0.204. The lowest BCUT2D eigenvalue weighted by Gasteiger charge is -2.24. The van der Waals surface area contributed by atoms with E-state index in [0.29, 0.717) is 5.82 Å². The van der Waals surface area contributed by atoms with Gasteiger partial charge in [0.2, 0.25) is 0 Å².